The maximum Gasteiger partial charge on any atom is 0.0213 e. The summed E-state index contributed by atoms with van der Waals surface area (Å²) >= 11 is 3.59. The lowest BCUT2D eigenvalue weighted by molar-refractivity contribution is 0.675. The summed E-state index contributed by atoms with van der Waals surface area (Å²) in [6.45, 7) is 5.35. The predicted molar refractivity (Wildman–Crippen MR) is 61.2 cm³/mol. The minimum atomic E-state index is 0.556. The molecular weight excluding hydrogens is 226 g/mol. The molecule has 0 aliphatic rings. The zero-order valence-corrected chi connectivity index (χ0v) is 9.98. The Morgan fingerprint density at radius 1 is 1.46 bits per heavy atom. The van der Waals surface area contributed by atoms with E-state index in [2.05, 4.69) is 53.3 Å². The summed E-state index contributed by atoms with van der Waals surface area (Å²) in [5.41, 5.74) is 2.67. The first kappa shape index (κ1) is 10.7. The second-order valence-corrected chi connectivity index (χ2v) is 4.34. The van der Waals surface area contributed by atoms with Gasteiger partial charge in [-0.2, -0.15) is 0 Å². The Morgan fingerprint density at radius 2 is 2.15 bits per heavy atom. The van der Waals surface area contributed by atoms with Crippen LogP contribution in [-0.2, 0) is 0 Å². The Kier molecular flexibility index (Phi) is 3.94. The molecule has 0 radical (unpaired) electrons. The van der Waals surface area contributed by atoms with Gasteiger partial charge in [0.05, 0.1) is 0 Å². The number of aryl methyl sites for hydroxylation is 1. The van der Waals surface area contributed by atoms with Crippen molar-refractivity contribution < 1.29 is 0 Å². The SMILES string of the molecule is CNCC(C)c1ccc(C)cc1Br. The number of likely N-dealkylation sites (N-methyl/N-ethyl adjacent to an activating group) is 1. The molecule has 1 atom stereocenters. The molecule has 1 aromatic rings. The fourth-order valence-corrected chi connectivity index (χ4v) is 2.33. The van der Waals surface area contributed by atoms with E-state index in [4.69, 9.17) is 0 Å². The monoisotopic (exact) mass is 241 g/mol. The Morgan fingerprint density at radius 3 is 2.69 bits per heavy atom. The highest BCUT2D eigenvalue weighted by atomic mass is 79.9. The Labute approximate surface area is 88.7 Å². The van der Waals surface area contributed by atoms with Crippen molar-refractivity contribution in [3.05, 3.63) is 33.8 Å². The molecule has 0 aliphatic carbocycles. The molecule has 0 spiro atoms. The van der Waals surface area contributed by atoms with Crippen LogP contribution >= 0.6 is 15.9 Å². The number of nitrogens with one attached hydrogen (secondary N) is 1. The topological polar surface area (TPSA) is 12.0 Å². The van der Waals surface area contributed by atoms with Crippen LogP contribution in [0.25, 0.3) is 0 Å². The molecule has 0 heterocycles. The molecule has 1 unspecified atom stereocenters. The van der Waals surface area contributed by atoms with Crippen LogP contribution in [0.15, 0.2) is 22.7 Å². The first-order valence-corrected chi connectivity index (χ1v) is 5.35. The van der Waals surface area contributed by atoms with Crippen molar-refractivity contribution in [2.75, 3.05) is 13.6 Å². The third-order valence-corrected chi connectivity index (χ3v) is 2.88. The summed E-state index contributed by atoms with van der Waals surface area (Å²) in [7, 11) is 1.98. The van der Waals surface area contributed by atoms with Gasteiger partial charge in [0.25, 0.3) is 0 Å². The predicted octanol–water partition coefficient (Wildman–Crippen LogP) is 3.08. The summed E-state index contributed by atoms with van der Waals surface area (Å²) in [5.74, 6) is 0.556. The first-order chi connectivity index (χ1) is 6.15. The number of rotatable bonds is 3. The van der Waals surface area contributed by atoms with E-state index >= 15 is 0 Å². The van der Waals surface area contributed by atoms with Gasteiger partial charge in [-0.1, -0.05) is 35.0 Å². The molecule has 0 fully saturated rings. The van der Waals surface area contributed by atoms with Crippen LogP contribution in [-0.4, -0.2) is 13.6 Å². The molecule has 0 saturated carbocycles. The van der Waals surface area contributed by atoms with Crippen LogP contribution < -0.4 is 5.32 Å². The van der Waals surface area contributed by atoms with E-state index in [-0.39, 0.29) is 0 Å². The van der Waals surface area contributed by atoms with Gasteiger partial charge >= 0.3 is 0 Å². The van der Waals surface area contributed by atoms with E-state index in [0.717, 1.165) is 6.54 Å². The molecule has 0 aromatic heterocycles. The lowest BCUT2D eigenvalue weighted by atomic mass is 10.0. The van der Waals surface area contributed by atoms with Crippen LogP contribution in [0.5, 0.6) is 0 Å². The third kappa shape index (κ3) is 2.82. The molecule has 1 nitrogen and oxygen atoms in total. The second kappa shape index (κ2) is 4.77. The molecule has 1 rings (SSSR count). The van der Waals surface area contributed by atoms with Gasteiger partial charge < -0.3 is 5.32 Å². The minimum Gasteiger partial charge on any atom is -0.319 e. The zero-order valence-electron chi connectivity index (χ0n) is 8.39. The zero-order chi connectivity index (χ0) is 9.84. The summed E-state index contributed by atoms with van der Waals surface area (Å²) < 4.78 is 1.22. The lowest BCUT2D eigenvalue weighted by Gasteiger charge is -2.13. The van der Waals surface area contributed by atoms with Crippen molar-refractivity contribution in [2.24, 2.45) is 0 Å². The van der Waals surface area contributed by atoms with Crippen LogP contribution in [0, 0.1) is 6.92 Å². The normalized spacial score (nSPS) is 12.9. The molecule has 1 aromatic carbocycles. The highest BCUT2D eigenvalue weighted by Gasteiger charge is 2.07. The number of hydrogen-bond acceptors (Lipinski definition) is 1. The van der Waals surface area contributed by atoms with Crippen LogP contribution in [0.1, 0.15) is 24.0 Å². The summed E-state index contributed by atoms with van der Waals surface area (Å²) in [4.78, 5) is 0. The molecule has 1 N–H and O–H groups in total. The standard InChI is InChI=1S/C11H16BrN/c1-8-4-5-10(11(12)6-8)9(2)7-13-3/h4-6,9,13H,7H2,1-3H3. The molecule has 13 heavy (non-hydrogen) atoms. The van der Waals surface area contributed by atoms with Gasteiger partial charge in [0.1, 0.15) is 0 Å². The van der Waals surface area contributed by atoms with Crippen molar-refractivity contribution >= 4 is 15.9 Å². The largest absolute Gasteiger partial charge is 0.319 e. The molecule has 0 bridgehead atoms. The van der Waals surface area contributed by atoms with Crippen molar-refractivity contribution in [3.63, 3.8) is 0 Å². The van der Waals surface area contributed by atoms with Gasteiger partial charge in [-0.3, -0.25) is 0 Å². The summed E-state index contributed by atoms with van der Waals surface area (Å²) in [6.07, 6.45) is 0. The smallest absolute Gasteiger partial charge is 0.0213 e. The Balaban J connectivity index is 2.88. The average molecular weight is 242 g/mol. The first-order valence-electron chi connectivity index (χ1n) is 4.55. The maximum absolute atomic E-state index is 3.59. The maximum atomic E-state index is 3.59. The number of halogens is 1. The van der Waals surface area contributed by atoms with E-state index < -0.39 is 0 Å². The molecule has 0 saturated heterocycles. The van der Waals surface area contributed by atoms with Crippen LogP contribution in [0.2, 0.25) is 0 Å². The quantitative estimate of drug-likeness (QED) is 0.858. The van der Waals surface area contributed by atoms with Gasteiger partial charge in [0.2, 0.25) is 0 Å². The van der Waals surface area contributed by atoms with Gasteiger partial charge in [0.15, 0.2) is 0 Å². The van der Waals surface area contributed by atoms with E-state index in [1.165, 1.54) is 15.6 Å². The van der Waals surface area contributed by atoms with Crippen LogP contribution in [0.3, 0.4) is 0 Å². The van der Waals surface area contributed by atoms with Crippen molar-refractivity contribution in [3.8, 4) is 0 Å². The lowest BCUT2D eigenvalue weighted by Crippen LogP contribution is -2.15. The van der Waals surface area contributed by atoms with E-state index in [9.17, 15) is 0 Å². The van der Waals surface area contributed by atoms with Crippen LogP contribution in [0.4, 0.5) is 0 Å². The minimum absolute atomic E-state index is 0.556. The van der Waals surface area contributed by atoms with Gasteiger partial charge in [-0.05, 0) is 37.1 Å². The van der Waals surface area contributed by atoms with E-state index in [0.29, 0.717) is 5.92 Å². The molecule has 0 amide bonds. The van der Waals surface area contributed by atoms with Gasteiger partial charge in [0, 0.05) is 11.0 Å². The molecule has 0 aliphatic heterocycles. The molecule has 2 heteroatoms. The fourth-order valence-electron chi connectivity index (χ4n) is 1.45. The molecular formula is C11H16BrN. The highest BCUT2D eigenvalue weighted by Crippen LogP contribution is 2.25. The van der Waals surface area contributed by atoms with Crippen molar-refractivity contribution in [2.45, 2.75) is 19.8 Å². The van der Waals surface area contributed by atoms with E-state index in [1.54, 1.807) is 0 Å². The second-order valence-electron chi connectivity index (χ2n) is 3.48. The van der Waals surface area contributed by atoms with Gasteiger partial charge in [-0.25, -0.2) is 0 Å². The number of benzene rings is 1. The Hall–Kier alpha value is -0.340. The van der Waals surface area contributed by atoms with Gasteiger partial charge in [-0.15, -0.1) is 0 Å². The highest BCUT2D eigenvalue weighted by molar-refractivity contribution is 9.10. The summed E-state index contributed by atoms with van der Waals surface area (Å²) in [6, 6.07) is 6.52. The van der Waals surface area contributed by atoms with E-state index in [1.807, 2.05) is 7.05 Å². The Bertz CT molecular complexity index is 283. The molecule has 72 valence electrons. The number of hydrogen-bond donors (Lipinski definition) is 1. The third-order valence-electron chi connectivity index (χ3n) is 2.20. The van der Waals surface area contributed by atoms with Crippen molar-refractivity contribution in [1.29, 1.82) is 0 Å². The fraction of sp³-hybridized carbons (Fsp3) is 0.455. The van der Waals surface area contributed by atoms with Crippen molar-refractivity contribution in [1.82, 2.24) is 5.32 Å². The summed E-state index contributed by atoms with van der Waals surface area (Å²) in [5, 5.41) is 3.19. The average Bonchev–Trinajstić information content (AvgIpc) is 2.04.